The summed E-state index contributed by atoms with van der Waals surface area (Å²) in [7, 11) is 0. The number of thioether (sulfide) groups is 1. The summed E-state index contributed by atoms with van der Waals surface area (Å²) in [5, 5.41) is 9.17. The van der Waals surface area contributed by atoms with Crippen molar-refractivity contribution in [2.45, 2.75) is 11.0 Å². The van der Waals surface area contributed by atoms with Gasteiger partial charge in [-0.05, 0) is 23.7 Å². The Morgan fingerprint density at radius 1 is 1.29 bits per heavy atom. The summed E-state index contributed by atoms with van der Waals surface area (Å²) in [6.07, 6.45) is 0. The first kappa shape index (κ1) is 11.0. The molecule has 0 saturated heterocycles. The molecule has 1 aromatic carbocycles. The van der Waals surface area contributed by atoms with Crippen LogP contribution in [0.3, 0.4) is 0 Å². The Balaban J connectivity index is 1.76. The molecule has 0 amide bonds. The number of rotatable bonds is 3. The minimum Gasteiger partial charge on any atom is -0.431 e. The Labute approximate surface area is 110 Å². The standard InChI is InChI=1S/C10H6ClN3OS2/c11-9-14-13-8(17-9)5-16-10-12-6-3-1-2-4-7(6)15-10/h1-4H,5H2. The first-order chi connectivity index (χ1) is 8.31. The van der Waals surface area contributed by atoms with Gasteiger partial charge in [-0.2, -0.15) is 0 Å². The Morgan fingerprint density at radius 2 is 2.18 bits per heavy atom. The lowest BCUT2D eigenvalue weighted by molar-refractivity contribution is 0.489. The normalized spacial score (nSPS) is 11.1. The molecule has 0 aliphatic rings. The molecule has 2 aromatic heterocycles. The largest absolute Gasteiger partial charge is 0.431 e. The lowest BCUT2D eigenvalue weighted by atomic mass is 10.3. The first-order valence-electron chi connectivity index (χ1n) is 4.77. The summed E-state index contributed by atoms with van der Waals surface area (Å²) in [5.74, 6) is 0.664. The van der Waals surface area contributed by atoms with E-state index in [1.54, 1.807) is 0 Å². The summed E-state index contributed by atoms with van der Waals surface area (Å²) in [6.45, 7) is 0. The summed E-state index contributed by atoms with van der Waals surface area (Å²) < 4.78 is 6.03. The second kappa shape index (κ2) is 4.64. The van der Waals surface area contributed by atoms with Gasteiger partial charge in [0.1, 0.15) is 10.5 Å². The van der Waals surface area contributed by atoms with Crippen LogP contribution in [0, 0.1) is 0 Å². The summed E-state index contributed by atoms with van der Waals surface area (Å²) in [4.78, 5) is 4.35. The fourth-order valence-corrected chi connectivity index (χ4v) is 3.02. The van der Waals surface area contributed by atoms with Crippen LogP contribution in [0.1, 0.15) is 5.01 Å². The molecule has 2 heterocycles. The maximum atomic E-state index is 5.70. The smallest absolute Gasteiger partial charge is 0.257 e. The van der Waals surface area contributed by atoms with Crippen molar-refractivity contribution in [3.05, 3.63) is 33.7 Å². The van der Waals surface area contributed by atoms with Gasteiger partial charge in [0, 0.05) is 0 Å². The zero-order valence-corrected chi connectivity index (χ0v) is 10.8. The van der Waals surface area contributed by atoms with E-state index in [-0.39, 0.29) is 0 Å². The number of halogens is 1. The van der Waals surface area contributed by atoms with Crippen LogP contribution in [0.25, 0.3) is 11.1 Å². The van der Waals surface area contributed by atoms with E-state index in [0.717, 1.165) is 16.1 Å². The number of para-hydroxylation sites is 2. The van der Waals surface area contributed by atoms with E-state index in [2.05, 4.69) is 15.2 Å². The molecule has 0 aliphatic heterocycles. The Morgan fingerprint density at radius 3 is 2.94 bits per heavy atom. The van der Waals surface area contributed by atoms with Gasteiger partial charge < -0.3 is 4.42 Å². The molecule has 0 aliphatic carbocycles. The summed E-state index contributed by atoms with van der Waals surface area (Å²) in [6, 6.07) is 7.68. The molecule has 4 nitrogen and oxygen atoms in total. The fraction of sp³-hybridized carbons (Fsp3) is 0.100. The molecule has 0 fully saturated rings. The van der Waals surface area contributed by atoms with E-state index >= 15 is 0 Å². The number of oxazole rings is 1. The molecule has 0 bridgehead atoms. The van der Waals surface area contributed by atoms with Gasteiger partial charge in [-0.1, -0.05) is 35.2 Å². The average Bonchev–Trinajstić information content (AvgIpc) is 2.91. The third-order valence-corrected chi connectivity index (χ3v) is 4.08. The highest BCUT2D eigenvalue weighted by Crippen LogP contribution is 2.27. The van der Waals surface area contributed by atoms with Crippen molar-refractivity contribution >= 4 is 45.8 Å². The molecular formula is C10H6ClN3OS2. The molecule has 0 saturated carbocycles. The number of benzene rings is 1. The molecule has 17 heavy (non-hydrogen) atoms. The van der Waals surface area contributed by atoms with Crippen LogP contribution in [-0.4, -0.2) is 15.2 Å². The van der Waals surface area contributed by atoms with Crippen molar-refractivity contribution in [2.24, 2.45) is 0 Å². The van der Waals surface area contributed by atoms with Gasteiger partial charge in [-0.3, -0.25) is 0 Å². The van der Waals surface area contributed by atoms with E-state index in [1.807, 2.05) is 24.3 Å². The summed E-state index contributed by atoms with van der Waals surface area (Å²) in [5.41, 5.74) is 1.66. The molecule has 3 rings (SSSR count). The Bertz CT molecular complexity index is 619. The van der Waals surface area contributed by atoms with Gasteiger partial charge in [0.05, 0.1) is 5.75 Å². The van der Waals surface area contributed by atoms with Crippen molar-refractivity contribution in [1.29, 1.82) is 0 Å². The molecular weight excluding hydrogens is 278 g/mol. The van der Waals surface area contributed by atoms with Gasteiger partial charge in [0.2, 0.25) is 4.47 Å². The molecule has 3 aromatic rings. The third kappa shape index (κ3) is 2.43. The zero-order chi connectivity index (χ0) is 11.7. The number of nitrogens with zero attached hydrogens (tertiary/aromatic N) is 3. The molecule has 0 N–H and O–H groups in total. The average molecular weight is 284 g/mol. The Hall–Kier alpha value is -1.11. The number of hydrogen-bond donors (Lipinski definition) is 0. The van der Waals surface area contributed by atoms with Crippen LogP contribution in [-0.2, 0) is 5.75 Å². The van der Waals surface area contributed by atoms with Gasteiger partial charge in [-0.25, -0.2) is 4.98 Å². The molecule has 7 heteroatoms. The van der Waals surface area contributed by atoms with Gasteiger partial charge in [0.15, 0.2) is 5.58 Å². The topological polar surface area (TPSA) is 51.8 Å². The molecule has 0 spiro atoms. The van der Waals surface area contributed by atoms with E-state index in [1.165, 1.54) is 23.1 Å². The van der Waals surface area contributed by atoms with Crippen molar-refractivity contribution in [1.82, 2.24) is 15.2 Å². The van der Waals surface area contributed by atoms with Crippen LogP contribution in [0.4, 0.5) is 0 Å². The summed E-state index contributed by atoms with van der Waals surface area (Å²) >= 11 is 8.55. The van der Waals surface area contributed by atoms with Crippen molar-refractivity contribution in [3.63, 3.8) is 0 Å². The highest BCUT2D eigenvalue weighted by Gasteiger charge is 2.08. The monoisotopic (exact) mass is 283 g/mol. The Kier molecular flexibility index (Phi) is 3.00. The lowest BCUT2D eigenvalue weighted by Gasteiger charge is -1.89. The molecule has 0 atom stereocenters. The maximum absolute atomic E-state index is 5.70. The molecule has 0 radical (unpaired) electrons. The second-order valence-corrected chi connectivity index (χ2v) is 5.76. The van der Waals surface area contributed by atoms with Gasteiger partial charge in [0.25, 0.3) is 5.22 Å². The van der Waals surface area contributed by atoms with Crippen LogP contribution in [0.2, 0.25) is 4.47 Å². The van der Waals surface area contributed by atoms with Crippen LogP contribution in [0.15, 0.2) is 33.9 Å². The number of aromatic nitrogens is 3. The number of fused-ring (bicyclic) bond motifs is 1. The SMILES string of the molecule is Clc1nnc(CSc2nc3ccccc3o2)s1. The fourth-order valence-electron chi connectivity index (χ4n) is 1.33. The number of hydrogen-bond acceptors (Lipinski definition) is 6. The highest BCUT2D eigenvalue weighted by molar-refractivity contribution is 7.98. The van der Waals surface area contributed by atoms with E-state index in [9.17, 15) is 0 Å². The minimum atomic E-state index is 0.457. The molecule has 0 unspecified atom stereocenters. The predicted molar refractivity (Wildman–Crippen MR) is 68.5 cm³/mol. The van der Waals surface area contributed by atoms with Gasteiger partial charge >= 0.3 is 0 Å². The van der Waals surface area contributed by atoms with Crippen LogP contribution >= 0.6 is 34.7 Å². The van der Waals surface area contributed by atoms with Crippen molar-refractivity contribution < 1.29 is 4.42 Å². The quantitative estimate of drug-likeness (QED) is 0.687. The van der Waals surface area contributed by atoms with Crippen molar-refractivity contribution in [3.8, 4) is 0 Å². The maximum Gasteiger partial charge on any atom is 0.257 e. The zero-order valence-electron chi connectivity index (χ0n) is 8.46. The van der Waals surface area contributed by atoms with Crippen LogP contribution in [0.5, 0.6) is 0 Å². The van der Waals surface area contributed by atoms with E-state index in [4.69, 9.17) is 16.0 Å². The first-order valence-corrected chi connectivity index (χ1v) is 6.95. The lowest BCUT2D eigenvalue weighted by Crippen LogP contribution is -1.78. The van der Waals surface area contributed by atoms with Crippen molar-refractivity contribution in [2.75, 3.05) is 0 Å². The molecule has 86 valence electrons. The second-order valence-electron chi connectivity index (χ2n) is 3.18. The van der Waals surface area contributed by atoms with Gasteiger partial charge in [-0.15, -0.1) is 10.2 Å². The highest BCUT2D eigenvalue weighted by atomic mass is 35.5. The predicted octanol–water partition coefficient (Wildman–Crippen LogP) is 3.63. The van der Waals surface area contributed by atoms with E-state index in [0.29, 0.717) is 15.4 Å². The third-order valence-electron chi connectivity index (χ3n) is 2.04. The minimum absolute atomic E-state index is 0.457. The van der Waals surface area contributed by atoms with E-state index < -0.39 is 0 Å². The van der Waals surface area contributed by atoms with Crippen LogP contribution < -0.4 is 0 Å².